The molecule has 0 aliphatic heterocycles. The van der Waals surface area contributed by atoms with Gasteiger partial charge in [-0.15, -0.1) is 0 Å². The fraction of sp³-hybridized carbons (Fsp3) is 0.625. The van der Waals surface area contributed by atoms with Crippen LogP contribution in [0, 0.1) is 0 Å². The van der Waals surface area contributed by atoms with E-state index in [-0.39, 0.29) is 6.15 Å². The molecular weight excluding hydrogens is 234 g/mol. The van der Waals surface area contributed by atoms with Gasteiger partial charge in [-0.05, 0) is 0 Å². The van der Waals surface area contributed by atoms with Crippen LogP contribution in [0.15, 0.2) is 0 Å². The zero-order chi connectivity index (χ0) is 14.1. The summed E-state index contributed by atoms with van der Waals surface area (Å²) < 4.78 is 0. The van der Waals surface area contributed by atoms with Crippen LogP contribution in [0.5, 0.6) is 0 Å². The third-order valence-corrected chi connectivity index (χ3v) is 0.167. The lowest BCUT2D eigenvalue weighted by molar-refractivity contribution is -0.135. The van der Waals surface area contributed by atoms with Crippen molar-refractivity contribution < 1.29 is 29.7 Å². The molecule has 0 unspecified atom stereocenters. The molecule has 0 heterocycles. The molecule has 0 fully saturated rings. The van der Waals surface area contributed by atoms with Crippen molar-refractivity contribution in [2.45, 2.75) is 20.8 Å². The second-order valence-electron chi connectivity index (χ2n) is 2.13. The number of hydrogen-bond acceptors (Lipinski definition) is 6. The lowest BCUT2D eigenvalue weighted by Gasteiger charge is -1.72. The van der Waals surface area contributed by atoms with Crippen LogP contribution >= 0.6 is 0 Å². The first-order chi connectivity index (χ1) is 7.11. The molecular formula is C8H23N3O6. The molecule has 0 radical (unpaired) electrons. The molecule has 0 saturated carbocycles. The Morgan fingerprint density at radius 3 is 0.824 bits per heavy atom. The molecule has 106 valence electrons. The van der Waals surface area contributed by atoms with Gasteiger partial charge in [0.05, 0.1) is 0 Å². The summed E-state index contributed by atoms with van der Waals surface area (Å²) in [4.78, 5) is 27.0. The Morgan fingerprint density at radius 2 is 0.824 bits per heavy atom. The maximum Gasteiger partial charge on any atom is 0.300 e. The smallest absolute Gasteiger partial charge is 0.300 e. The van der Waals surface area contributed by atoms with Gasteiger partial charge in [0, 0.05) is 33.9 Å². The van der Waals surface area contributed by atoms with Crippen LogP contribution in [-0.4, -0.2) is 46.3 Å². The van der Waals surface area contributed by atoms with Crippen molar-refractivity contribution in [3.05, 3.63) is 0 Å². The number of hydrogen-bond donors (Lipinski definition) is 6. The van der Waals surface area contributed by atoms with Gasteiger partial charge in [0.1, 0.15) is 0 Å². The van der Waals surface area contributed by atoms with Crippen LogP contribution in [0.25, 0.3) is 0 Å². The van der Waals surface area contributed by atoms with E-state index < -0.39 is 17.9 Å². The van der Waals surface area contributed by atoms with Crippen molar-refractivity contribution in [1.29, 1.82) is 0 Å². The number of carbonyl (C=O) groups is 3. The number of carboxylic acid groups (broad SMARTS) is 3. The van der Waals surface area contributed by atoms with E-state index in [0.29, 0.717) is 13.1 Å². The van der Waals surface area contributed by atoms with Crippen molar-refractivity contribution in [1.82, 2.24) is 6.15 Å². The van der Waals surface area contributed by atoms with Crippen LogP contribution in [0.4, 0.5) is 0 Å². The second kappa shape index (κ2) is 29.2. The highest BCUT2D eigenvalue weighted by Gasteiger charge is 1.66. The van der Waals surface area contributed by atoms with Gasteiger partial charge in [-0.2, -0.15) is 0 Å². The van der Waals surface area contributed by atoms with Crippen LogP contribution < -0.4 is 17.6 Å². The van der Waals surface area contributed by atoms with Crippen molar-refractivity contribution in [3.63, 3.8) is 0 Å². The molecule has 9 nitrogen and oxygen atoms in total. The summed E-state index contributed by atoms with van der Waals surface area (Å²) in [5.41, 5.74) is 9.81. The maximum atomic E-state index is 9.00. The highest BCUT2D eigenvalue weighted by molar-refractivity contribution is 5.63. The van der Waals surface area contributed by atoms with Gasteiger partial charge >= 0.3 is 0 Å². The predicted molar refractivity (Wildman–Crippen MR) is 63.1 cm³/mol. The van der Waals surface area contributed by atoms with Crippen molar-refractivity contribution in [2.24, 2.45) is 11.5 Å². The molecule has 10 N–H and O–H groups in total. The van der Waals surface area contributed by atoms with Crippen LogP contribution in [0.2, 0.25) is 0 Å². The molecule has 0 saturated heterocycles. The van der Waals surface area contributed by atoms with Gasteiger partial charge in [-0.1, -0.05) is 0 Å². The minimum atomic E-state index is -0.833. The number of carboxylic acids is 3. The standard InChI is InChI=1S/C2H8N2.3C2H4O2.H3N/c3-1-2-4;3*1-2(3)4;/h1-4H2;3*1H3,(H,3,4);1H3. The molecule has 17 heavy (non-hydrogen) atoms. The zero-order valence-electron chi connectivity index (χ0n) is 10.3. The molecule has 0 atom stereocenters. The quantitative estimate of drug-likeness (QED) is 0.352. The molecule has 0 spiro atoms. The number of rotatable bonds is 1. The Morgan fingerprint density at radius 1 is 0.765 bits per heavy atom. The molecule has 0 rings (SSSR count). The van der Waals surface area contributed by atoms with Crippen LogP contribution in [0.3, 0.4) is 0 Å². The third-order valence-electron chi connectivity index (χ3n) is 0.167. The Bertz CT molecular complexity index is 144. The number of aliphatic carboxylic acids is 3. The summed E-state index contributed by atoms with van der Waals surface area (Å²) >= 11 is 0. The van der Waals surface area contributed by atoms with E-state index in [4.69, 9.17) is 41.2 Å². The summed E-state index contributed by atoms with van der Waals surface area (Å²) in [5, 5.41) is 22.2. The summed E-state index contributed by atoms with van der Waals surface area (Å²) in [7, 11) is 0. The Hall–Kier alpha value is -1.71. The number of nitrogens with two attached hydrogens (primary N) is 2. The predicted octanol–water partition coefficient (Wildman–Crippen LogP) is -0.661. The minimum absolute atomic E-state index is 0. The lowest BCUT2D eigenvalue weighted by atomic mass is 10.7. The molecule has 0 amide bonds. The topological polar surface area (TPSA) is 199 Å². The van der Waals surface area contributed by atoms with E-state index >= 15 is 0 Å². The van der Waals surface area contributed by atoms with Gasteiger partial charge in [-0.3, -0.25) is 14.4 Å². The molecule has 9 heteroatoms. The maximum absolute atomic E-state index is 9.00. The van der Waals surface area contributed by atoms with Gasteiger partial charge in [0.2, 0.25) is 0 Å². The van der Waals surface area contributed by atoms with E-state index in [0.717, 1.165) is 20.8 Å². The van der Waals surface area contributed by atoms with E-state index in [1.54, 1.807) is 0 Å². The first-order valence-electron chi connectivity index (χ1n) is 4.10. The molecule has 0 aromatic rings. The van der Waals surface area contributed by atoms with E-state index in [1.165, 1.54) is 0 Å². The highest BCUT2D eigenvalue weighted by Crippen LogP contribution is 1.42. The Labute approximate surface area is 100.0 Å². The largest absolute Gasteiger partial charge is 0.481 e. The Kier molecular flexibility index (Phi) is 50.7. The molecule has 0 bridgehead atoms. The average Bonchev–Trinajstić information content (AvgIpc) is 2.00. The van der Waals surface area contributed by atoms with Gasteiger partial charge < -0.3 is 32.9 Å². The molecule has 0 aromatic heterocycles. The van der Waals surface area contributed by atoms with E-state index in [1.807, 2.05) is 0 Å². The fourth-order valence-corrected chi connectivity index (χ4v) is 0. The van der Waals surface area contributed by atoms with Crippen molar-refractivity contribution >= 4 is 17.9 Å². The van der Waals surface area contributed by atoms with Gasteiger partial charge in [0.15, 0.2) is 0 Å². The summed E-state index contributed by atoms with van der Waals surface area (Å²) in [5.74, 6) is -2.50. The summed E-state index contributed by atoms with van der Waals surface area (Å²) in [6.07, 6.45) is 0. The minimum Gasteiger partial charge on any atom is -0.481 e. The van der Waals surface area contributed by atoms with Gasteiger partial charge in [-0.25, -0.2) is 0 Å². The molecule has 0 aromatic carbocycles. The lowest BCUT2D eigenvalue weighted by Crippen LogP contribution is -2.11. The monoisotopic (exact) mass is 257 g/mol. The second-order valence-corrected chi connectivity index (χ2v) is 2.13. The zero-order valence-corrected chi connectivity index (χ0v) is 10.3. The Balaban J connectivity index is -0.0000000369. The van der Waals surface area contributed by atoms with Crippen LogP contribution in [-0.2, 0) is 14.4 Å². The first kappa shape index (κ1) is 29.5. The first-order valence-corrected chi connectivity index (χ1v) is 4.10. The highest BCUT2D eigenvalue weighted by atomic mass is 16.4. The van der Waals surface area contributed by atoms with Crippen LogP contribution in [0.1, 0.15) is 20.8 Å². The molecule has 0 aliphatic rings. The normalized spacial score (nSPS) is 6.18. The summed E-state index contributed by atoms with van der Waals surface area (Å²) in [6, 6.07) is 0. The van der Waals surface area contributed by atoms with Crippen molar-refractivity contribution in [2.75, 3.05) is 13.1 Å². The van der Waals surface area contributed by atoms with Gasteiger partial charge in [0.25, 0.3) is 17.9 Å². The third kappa shape index (κ3) is 4280. The molecule has 0 aliphatic carbocycles. The van der Waals surface area contributed by atoms with E-state index in [2.05, 4.69) is 0 Å². The SMILES string of the molecule is CC(=O)O.CC(=O)O.CC(=O)O.N.NCCN. The summed E-state index contributed by atoms with van der Waals surface area (Å²) in [6.45, 7) is 4.44. The fourth-order valence-electron chi connectivity index (χ4n) is 0. The van der Waals surface area contributed by atoms with E-state index in [9.17, 15) is 0 Å². The van der Waals surface area contributed by atoms with Crippen molar-refractivity contribution in [3.8, 4) is 0 Å². The average molecular weight is 257 g/mol.